The van der Waals surface area contributed by atoms with Crippen molar-refractivity contribution >= 4 is 34.5 Å². The molecule has 15 heavy (non-hydrogen) atoms. The van der Waals surface area contributed by atoms with Crippen LogP contribution >= 0.6 is 22.9 Å². The maximum Gasteiger partial charge on any atom is 0.253 e. The molecule has 0 atom stereocenters. The lowest BCUT2D eigenvalue weighted by atomic mass is 10.2. The molecule has 1 rings (SSSR count). The van der Waals surface area contributed by atoms with E-state index in [2.05, 4.69) is 3.53 Å². The van der Waals surface area contributed by atoms with Gasteiger partial charge in [-0.05, 0) is 18.2 Å². The fraction of sp³-hybridized carbons (Fsp3) is 0.300. The molecule has 0 saturated heterocycles. The number of hydrogen-bond donors (Lipinski definition) is 2. The summed E-state index contributed by atoms with van der Waals surface area (Å²) in [6, 6.07) is 7.24. The molecule has 1 amide bonds. The van der Waals surface area contributed by atoms with E-state index in [4.69, 9.17) is 5.11 Å². The van der Waals surface area contributed by atoms with E-state index in [0.29, 0.717) is 12.1 Å². The van der Waals surface area contributed by atoms with E-state index in [1.165, 1.54) is 4.90 Å². The predicted molar refractivity (Wildman–Crippen MR) is 68.1 cm³/mol. The van der Waals surface area contributed by atoms with Gasteiger partial charge in [0, 0.05) is 24.8 Å². The molecule has 4 nitrogen and oxygen atoms in total. The standard InChI is InChI=1S/C10H13IN2O2/c1-13(5-6-14)10(15)8-3-2-4-9(7-8)12-11/h2-4,7,12,14H,5-6H2,1H3. The highest BCUT2D eigenvalue weighted by molar-refractivity contribution is 14.1. The molecule has 1 aromatic rings. The van der Waals surface area contributed by atoms with Crippen molar-refractivity contribution in [2.24, 2.45) is 0 Å². The first kappa shape index (κ1) is 12.3. The molecular weight excluding hydrogens is 307 g/mol. The average molecular weight is 320 g/mol. The van der Waals surface area contributed by atoms with E-state index >= 15 is 0 Å². The third-order valence-corrected chi connectivity index (χ3v) is 2.62. The van der Waals surface area contributed by atoms with Gasteiger partial charge in [0.25, 0.3) is 5.91 Å². The molecule has 0 saturated carbocycles. The normalized spacial score (nSPS) is 9.80. The molecule has 0 heterocycles. The first-order chi connectivity index (χ1) is 7.19. The van der Waals surface area contributed by atoms with Crippen LogP contribution in [0.5, 0.6) is 0 Å². The Morgan fingerprint density at radius 3 is 2.93 bits per heavy atom. The van der Waals surface area contributed by atoms with Gasteiger partial charge < -0.3 is 13.5 Å². The number of nitrogens with zero attached hydrogens (tertiary/aromatic N) is 1. The SMILES string of the molecule is CN(CCO)C(=O)c1cccc(NI)c1. The van der Waals surface area contributed by atoms with Crippen LogP contribution in [-0.4, -0.2) is 36.1 Å². The molecule has 0 aliphatic carbocycles. The molecule has 0 aromatic heterocycles. The maximum absolute atomic E-state index is 11.8. The Morgan fingerprint density at radius 1 is 1.60 bits per heavy atom. The van der Waals surface area contributed by atoms with Crippen molar-refractivity contribution in [2.45, 2.75) is 0 Å². The summed E-state index contributed by atoms with van der Waals surface area (Å²) in [6.07, 6.45) is 0. The Balaban J connectivity index is 2.81. The van der Waals surface area contributed by atoms with Crippen LogP contribution in [-0.2, 0) is 0 Å². The van der Waals surface area contributed by atoms with Crippen LogP contribution < -0.4 is 3.53 Å². The summed E-state index contributed by atoms with van der Waals surface area (Å²) in [5.41, 5.74) is 1.51. The molecule has 0 spiro atoms. The average Bonchev–Trinajstić information content (AvgIpc) is 2.28. The van der Waals surface area contributed by atoms with Crippen molar-refractivity contribution in [3.05, 3.63) is 29.8 Å². The quantitative estimate of drug-likeness (QED) is 0.653. The predicted octanol–water partition coefficient (Wildman–Crippen LogP) is 1.51. The second-order valence-corrected chi connectivity index (χ2v) is 3.66. The summed E-state index contributed by atoms with van der Waals surface area (Å²) >= 11 is 2.01. The summed E-state index contributed by atoms with van der Waals surface area (Å²) in [7, 11) is 1.67. The highest BCUT2D eigenvalue weighted by atomic mass is 127. The Hall–Kier alpha value is -0.820. The van der Waals surface area contributed by atoms with Gasteiger partial charge >= 0.3 is 0 Å². The van der Waals surface area contributed by atoms with Gasteiger partial charge in [0.05, 0.1) is 29.5 Å². The zero-order valence-corrected chi connectivity index (χ0v) is 10.6. The number of hydrogen-bond acceptors (Lipinski definition) is 3. The summed E-state index contributed by atoms with van der Waals surface area (Å²) in [4.78, 5) is 13.3. The maximum atomic E-state index is 11.8. The number of likely N-dealkylation sites (N-methyl/N-ethyl adjacent to an activating group) is 1. The van der Waals surface area contributed by atoms with E-state index in [1.807, 2.05) is 35.0 Å². The summed E-state index contributed by atoms with van der Waals surface area (Å²) in [5.74, 6) is -0.0856. The number of halogens is 1. The van der Waals surface area contributed by atoms with Crippen molar-refractivity contribution in [3.63, 3.8) is 0 Å². The van der Waals surface area contributed by atoms with Crippen LogP contribution in [0.3, 0.4) is 0 Å². The monoisotopic (exact) mass is 320 g/mol. The molecule has 0 unspecified atom stereocenters. The van der Waals surface area contributed by atoms with Crippen molar-refractivity contribution in [2.75, 3.05) is 23.7 Å². The third-order valence-electron chi connectivity index (χ3n) is 2.00. The van der Waals surface area contributed by atoms with E-state index in [-0.39, 0.29) is 12.5 Å². The number of benzene rings is 1. The number of carbonyl (C=O) groups excluding carboxylic acids is 1. The second kappa shape index (κ2) is 5.92. The van der Waals surface area contributed by atoms with E-state index in [0.717, 1.165) is 5.69 Å². The Kier molecular flexibility index (Phi) is 4.83. The van der Waals surface area contributed by atoms with E-state index < -0.39 is 0 Å². The third kappa shape index (κ3) is 3.35. The highest BCUT2D eigenvalue weighted by Gasteiger charge is 2.10. The first-order valence-corrected chi connectivity index (χ1v) is 5.60. The molecule has 0 aliphatic heterocycles. The first-order valence-electron chi connectivity index (χ1n) is 4.52. The Bertz CT molecular complexity index is 344. The number of anilines is 1. The molecular formula is C10H13IN2O2. The van der Waals surface area contributed by atoms with Crippen molar-refractivity contribution < 1.29 is 9.90 Å². The van der Waals surface area contributed by atoms with Crippen molar-refractivity contribution in [3.8, 4) is 0 Å². The number of rotatable bonds is 4. The van der Waals surface area contributed by atoms with Crippen molar-refractivity contribution in [1.29, 1.82) is 0 Å². The minimum absolute atomic E-state index is 0.0214. The molecule has 5 heteroatoms. The van der Waals surface area contributed by atoms with Gasteiger partial charge in [-0.1, -0.05) is 6.07 Å². The van der Waals surface area contributed by atoms with Gasteiger partial charge in [-0.15, -0.1) is 0 Å². The fourth-order valence-electron chi connectivity index (χ4n) is 1.18. The Morgan fingerprint density at radius 2 is 2.33 bits per heavy atom. The molecule has 82 valence electrons. The zero-order chi connectivity index (χ0) is 11.3. The summed E-state index contributed by atoms with van der Waals surface area (Å²) in [5, 5.41) is 8.73. The van der Waals surface area contributed by atoms with Crippen LogP contribution in [0.4, 0.5) is 5.69 Å². The van der Waals surface area contributed by atoms with Gasteiger partial charge in [-0.3, -0.25) is 4.79 Å². The topological polar surface area (TPSA) is 52.6 Å². The Labute approximate surface area is 103 Å². The molecule has 1 aromatic carbocycles. The van der Waals surface area contributed by atoms with Crippen LogP contribution in [0, 0.1) is 0 Å². The van der Waals surface area contributed by atoms with Crippen LogP contribution in [0.25, 0.3) is 0 Å². The summed E-state index contributed by atoms with van der Waals surface area (Å²) in [6.45, 7) is 0.327. The largest absolute Gasteiger partial charge is 0.395 e. The molecule has 0 bridgehead atoms. The van der Waals surface area contributed by atoms with Crippen LogP contribution in [0.1, 0.15) is 10.4 Å². The highest BCUT2D eigenvalue weighted by Crippen LogP contribution is 2.13. The van der Waals surface area contributed by atoms with Gasteiger partial charge in [0.15, 0.2) is 0 Å². The van der Waals surface area contributed by atoms with Crippen LogP contribution in [0.15, 0.2) is 24.3 Å². The molecule has 2 N–H and O–H groups in total. The molecule has 0 aliphatic rings. The minimum atomic E-state index is -0.0856. The molecule has 0 fully saturated rings. The summed E-state index contributed by atoms with van der Waals surface area (Å²) < 4.78 is 2.94. The lowest BCUT2D eigenvalue weighted by Crippen LogP contribution is -2.29. The number of aliphatic hydroxyl groups excluding tert-OH is 1. The zero-order valence-electron chi connectivity index (χ0n) is 8.40. The van der Waals surface area contributed by atoms with E-state index in [9.17, 15) is 4.79 Å². The van der Waals surface area contributed by atoms with E-state index in [1.54, 1.807) is 19.2 Å². The number of aliphatic hydroxyl groups is 1. The van der Waals surface area contributed by atoms with Gasteiger partial charge in [0.2, 0.25) is 0 Å². The fourth-order valence-corrected chi connectivity index (χ4v) is 1.52. The van der Waals surface area contributed by atoms with Crippen molar-refractivity contribution in [1.82, 2.24) is 4.90 Å². The van der Waals surface area contributed by atoms with Gasteiger partial charge in [-0.25, -0.2) is 0 Å². The lowest BCUT2D eigenvalue weighted by molar-refractivity contribution is 0.0767. The smallest absolute Gasteiger partial charge is 0.253 e. The lowest BCUT2D eigenvalue weighted by Gasteiger charge is -2.15. The second-order valence-electron chi connectivity index (χ2n) is 3.13. The van der Waals surface area contributed by atoms with Gasteiger partial charge in [0.1, 0.15) is 0 Å². The number of nitrogens with one attached hydrogen (secondary N) is 1. The van der Waals surface area contributed by atoms with Gasteiger partial charge in [-0.2, -0.15) is 0 Å². The number of amides is 1. The van der Waals surface area contributed by atoms with Crippen LogP contribution in [0.2, 0.25) is 0 Å². The minimum Gasteiger partial charge on any atom is -0.395 e. The molecule has 0 radical (unpaired) electrons. The number of carbonyl (C=O) groups is 1.